The molecule has 0 aliphatic carbocycles. The first-order valence-electron chi connectivity index (χ1n) is 5.09. The minimum Gasteiger partial charge on any atom is -0.495 e. The lowest BCUT2D eigenvalue weighted by atomic mass is 9.94. The Labute approximate surface area is 94.7 Å². The molecule has 2 rings (SSSR count). The lowest BCUT2D eigenvalue weighted by molar-refractivity contribution is 0.420. The molecule has 1 heterocycles. The predicted molar refractivity (Wildman–Crippen MR) is 67.1 cm³/mol. The summed E-state index contributed by atoms with van der Waals surface area (Å²) in [6.07, 6.45) is 0. The smallest absolute Gasteiger partial charge is 0.136 e. The van der Waals surface area contributed by atoms with Crippen molar-refractivity contribution in [3.05, 3.63) is 29.1 Å². The van der Waals surface area contributed by atoms with Gasteiger partial charge in [-0.15, -0.1) is 11.3 Å². The Kier molecular flexibility index (Phi) is 2.47. The van der Waals surface area contributed by atoms with Crippen molar-refractivity contribution in [3.63, 3.8) is 0 Å². The number of hydrogen-bond acceptors (Lipinski definition) is 2. The molecule has 0 saturated carbocycles. The topological polar surface area (TPSA) is 9.23 Å². The summed E-state index contributed by atoms with van der Waals surface area (Å²) in [6.45, 7) is 6.72. The number of thiophene rings is 1. The summed E-state index contributed by atoms with van der Waals surface area (Å²) in [5.74, 6) is 0.980. The SMILES string of the molecule is COc1cccc2cc(C(C)(C)C)sc12. The van der Waals surface area contributed by atoms with Gasteiger partial charge in [-0.05, 0) is 22.9 Å². The minimum absolute atomic E-state index is 0.217. The molecular weight excluding hydrogens is 204 g/mol. The van der Waals surface area contributed by atoms with Crippen molar-refractivity contribution in [1.29, 1.82) is 0 Å². The second kappa shape index (κ2) is 3.53. The summed E-state index contributed by atoms with van der Waals surface area (Å²) in [7, 11) is 1.73. The van der Waals surface area contributed by atoms with Gasteiger partial charge in [0, 0.05) is 4.88 Å². The second-order valence-electron chi connectivity index (χ2n) is 4.74. The molecule has 2 heteroatoms. The van der Waals surface area contributed by atoms with Crippen LogP contribution < -0.4 is 4.74 Å². The summed E-state index contributed by atoms with van der Waals surface area (Å²) in [6, 6.07) is 8.47. The molecule has 0 aliphatic rings. The highest BCUT2D eigenvalue weighted by Crippen LogP contribution is 2.38. The molecule has 0 atom stereocenters. The third-order valence-electron chi connectivity index (χ3n) is 2.47. The van der Waals surface area contributed by atoms with E-state index in [0.29, 0.717) is 0 Å². The van der Waals surface area contributed by atoms with Crippen molar-refractivity contribution in [3.8, 4) is 5.75 Å². The molecule has 2 aromatic rings. The van der Waals surface area contributed by atoms with Gasteiger partial charge in [-0.25, -0.2) is 0 Å². The van der Waals surface area contributed by atoms with Gasteiger partial charge in [0.1, 0.15) is 5.75 Å². The Morgan fingerprint density at radius 3 is 2.53 bits per heavy atom. The van der Waals surface area contributed by atoms with Gasteiger partial charge in [-0.3, -0.25) is 0 Å². The molecule has 0 fully saturated rings. The number of rotatable bonds is 1. The first kappa shape index (κ1) is 10.5. The van der Waals surface area contributed by atoms with Crippen molar-refractivity contribution in [2.75, 3.05) is 7.11 Å². The number of benzene rings is 1. The maximum atomic E-state index is 5.36. The first-order valence-corrected chi connectivity index (χ1v) is 5.91. The molecule has 0 unspecified atom stereocenters. The van der Waals surface area contributed by atoms with Gasteiger partial charge in [0.05, 0.1) is 11.8 Å². The maximum absolute atomic E-state index is 5.36. The fourth-order valence-corrected chi connectivity index (χ4v) is 2.78. The van der Waals surface area contributed by atoms with Crippen LogP contribution in [0, 0.1) is 0 Å². The summed E-state index contributed by atoms with van der Waals surface area (Å²) >= 11 is 1.83. The van der Waals surface area contributed by atoms with E-state index in [-0.39, 0.29) is 5.41 Å². The third-order valence-corrected chi connectivity index (χ3v) is 4.06. The van der Waals surface area contributed by atoms with E-state index < -0.39 is 0 Å². The van der Waals surface area contributed by atoms with Crippen molar-refractivity contribution in [2.24, 2.45) is 0 Å². The van der Waals surface area contributed by atoms with Gasteiger partial charge >= 0.3 is 0 Å². The first-order chi connectivity index (χ1) is 7.02. The minimum atomic E-state index is 0.217. The van der Waals surface area contributed by atoms with Crippen LogP contribution in [0.1, 0.15) is 25.6 Å². The van der Waals surface area contributed by atoms with Gasteiger partial charge in [0.15, 0.2) is 0 Å². The Balaban J connectivity index is 2.65. The maximum Gasteiger partial charge on any atom is 0.136 e. The Morgan fingerprint density at radius 2 is 1.93 bits per heavy atom. The lowest BCUT2D eigenvalue weighted by Gasteiger charge is -2.14. The van der Waals surface area contributed by atoms with E-state index >= 15 is 0 Å². The van der Waals surface area contributed by atoms with Crippen LogP contribution >= 0.6 is 11.3 Å². The van der Waals surface area contributed by atoms with E-state index in [1.807, 2.05) is 23.5 Å². The van der Waals surface area contributed by atoms with Gasteiger partial charge in [-0.1, -0.05) is 32.9 Å². The van der Waals surface area contributed by atoms with Gasteiger partial charge in [0.25, 0.3) is 0 Å². The molecule has 80 valence electrons. The van der Waals surface area contributed by atoms with Gasteiger partial charge in [0.2, 0.25) is 0 Å². The van der Waals surface area contributed by atoms with Crippen LogP contribution in [0.2, 0.25) is 0 Å². The van der Waals surface area contributed by atoms with Crippen LogP contribution in [-0.4, -0.2) is 7.11 Å². The molecular formula is C13H16OS. The van der Waals surface area contributed by atoms with E-state index in [0.717, 1.165) is 5.75 Å². The van der Waals surface area contributed by atoms with Gasteiger partial charge < -0.3 is 4.74 Å². The lowest BCUT2D eigenvalue weighted by Crippen LogP contribution is -2.07. The zero-order valence-corrected chi connectivity index (χ0v) is 10.4. The Bertz CT molecular complexity index is 477. The summed E-state index contributed by atoms with van der Waals surface area (Å²) in [5.41, 5.74) is 0.217. The number of ether oxygens (including phenoxy) is 1. The molecule has 0 saturated heterocycles. The highest BCUT2D eigenvalue weighted by molar-refractivity contribution is 7.19. The molecule has 1 aromatic carbocycles. The highest BCUT2D eigenvalue weighted by Gasteiger charge is 2.17. The number of hydrogen-bond donors (Lipinski definition) is 0. The van der Waals surface area contributed by atoms with Crippen LogP contribution in [0.4, 0.5) is 0 Å². The molecule has 1 nitrogen and oxygen atoms in total. The summed E-state index contributed by atoms with van der Waals surface area (Å²) in [5, 5.41) is 1.28. The largest absolute Gasteiger partial charge is 0.495 e. The monoisotopic (exact) mass is 220 g/mol. The van der Waals surface area contributed by atoms with Crippen molar-refractivity contribution < 1.29 is 4.74 Å². The molecule has 0 N–H and O–H groups in total. The number of methoxy groups -OCH3 is 1. The Morgan fingerprint density at radius 1 is 1.20 bits per heavy atom. The quantitative estimate of drug-likeness (QED) is 0.699. The average Bonchev–Trinajstić information content (AvgIpc) is 2.59. The zero-order valence-electron chi connectivity index (χ0n) is 9.63. The van der Waals surface area contributed by atoms with E-state index in [4.69, 9.17) is 4.74 Å². The third kappa shape index (κ3) is 1.86. The summed E-state index contributed by atoms with van der Waals surface area (Å²) < 4.78 is 6.62. The molecule has 0 spiro atoms. The predicted octanol–water partition coefficient (Wildman–Crippen LogP) is 4.21. The van der Waals surface area contributed by atoms with Crippen LogP contribution in [0.5, 0.6) is 5.75 Å². The van der Waals surface area contributed by atoms with Crippen molar-refractivity contribution >= 4 is 21.4 Å². The molecule has 0 bridgehead atoms. The van der Waals surface area contributed by atoms with E-state index in [1.165, 1.54) is 15.0 Å². The normalized spacial score (nSPS) is 12.0. The zero-order chi connectivity index (χ0) is 11.1. The van der Waals surface area contributed by atoms with Crippen LogP contribution in [0.15, 0.2) is 24.3 Å². The van der Waals surface area contributed by atoms with Gasteiger partial charge in [-0.2, -0.15) is 0 Å². The van der Waals surface area contributed by atoms with E-state index in [2.05, 4.69) is 32.9 Å². The molecule has 0 radical (unpaired) electrons. The molecule has 1 aromatic heterocycles. The highest BCUT2D eigenvalue weighted by atomic mass is 32.1. The van der Waals surface area contributed by atoms with Crippen LogP contribution in [-0.2, 0) is 5.41 Å². The fraction of sp³-hybridized carbons (Fsp3) is 0.385. The fourth-order valence-electron chi connectivity index (χ4n) is 1.57. The van der Waals surface area contributed by atoms with Crippen molar-refractivity contribution in [1.82, 2.24) is 0 Å². The van der Waals surface area contributed by atoms with E-state index in [9.17, 15) is 0 Å². The second-order valence-corrected chi connectivity index (χ2v) is 5.79. The van der Waals surface area contributed by atoms with Crippen LogP contribution in [0.25, 0.3) is 10.1 Å². The summed E-state index contributed by atoms with van der Waals surface area (Å²) in [4.78, 5) is 1.40. The van der Waals surface area contributed by atoms with Crippen molar-refractivity contribution in [2.45, 2.75) is 26.2 Å². The Hall–Kier alpha value is -1.02. The number of fused-ring (bicyclic) bond motifs is 1. The standard InChI is InChI=1S/C13H16OS/c1-13(2,3)11-8-9-6-5-7-10(14-4)12(9)15-11/h5-8H,1-4H3. The molecule has 0 amide bonds. The van der Waals surface area contributed by atoms with E-state index in [1.54, 1.807) is 7.11 Å². The molecule has 15 heavy (non-hydrogen) atoms. The van der Waals surface area contributed by atoms with Crippen LogP contribution in [0.3, 0.4) is 0 Å². The molecule has 0 aliphatic heterocycles. The average molecular weight is 220 g/mol.